The number of rotatable bonds is 5. The van der Waals surface area contributed by atoms with Gasteiger partial charge in [-0.2, -0.15) is 0 Å². The first-order valence-electron chi connectivity index (χ1n) is 7.01. The lowest BCUT2D eigenvalue weighted by atomic mass is 10.0. The topological polar surface area (TPSA) is 52.0 Å². The molecular formula is C15H21ClN2O2S. The summed E-state index contributed by atoms with van der Waals surface area (Å²) in [5, 5.41) is 0. The third-order valence-electron chi connectivity index (χ3n) is 3.53. The lowest BCUT2D eigenvalue weighted by Crippen LogP contribution is -2.11. The fraction of sp³-hybridized carbons (Fsp3) is 0.533. The van der Waals surface area contributed by atoms with Crippen LogP contribution in [0.3, 0.4) is 0 Å². The van der Waals surface area contributed by atoms with E-state index in [1.54, 1.807) is 12.1 Å². The van der Waals surface area contributed by atoms with Gasteiger partial charge in [0.2, 0.25) is 0 Å². The highest BCUT2D eigenvalue weighted by molar-refractivity contribution is 7.91. The molecule has 0 aliphatic carbocycles. The lowest BCUT2D eigenvalue weighted by Gasteiger charge is -2.19. The predicted molar refractivity (Wildman–Crippen MR) is 86.6 cm³/mol. The van der Waals surface area contributed by atoms with Crippen LogP contribution in [0.1, 0.15) is 39.1 Å². The summed E-state index contributed by atoms with van der Waals surface area (Å²) in [7, 11) is -3.31. The Morgan fingerprint density at radius 2 is 1.95 bits per heavy atom. The van der Waals surface area contributed by atoms with E-state index in [1.807, 2.05) is 6.07 Å². The number of nitrogens with zero attached hydrogens (tertiary/aromatic N) is 2. The van der Waals surface area contributed by atoms with Gasteiger partial charge in [-0.1, -0.05) is 19.9 Å². The van der Waals surface area contributed by atoms with Crippen LogP contribution in [0.4, 0.5) is 0 Å². The van der Waals surface area contributed by atoms with E-state index < -0.39 is 9.84 Å². The van der Waals surface area contributed by atoms with E-state index in [9.17, 15) is 8.42 Å². The van der Waals surface area contributed by atoms with Gasteiger partial charge in [-0.25, -0.2) is 13.4 Å². The third-order valence-corrected chi connectivity index (χ3v) is 4.90. The third kappa shape index (κ3) is 3.24. The standard InChI is InChI=1S/C15H21ClN2O2S/c1-10(2)8-11(3)18-12-6-5-7-13(21(4,19)20)15(12)17-14(18)9-16/h5-7,10-11H,8-9H2,1-4H3. The molecule has 0 bridgehead atoms. The van der Waals surface area contributed by atoms with Crippen molar-refractivity contribution < 1.29 is 8.42 Å². The zero-order valence-corrected chi connectivity index (χ0v) is 14.4. The zero-order valence-electron chi connectivity index (χ0n) is 12.8. The van der Waals surface area contributed by atoms with Crippen molar-refractivity contribution in [2.75, 3.05) is 6.26 Å². The average molecular weight is 329 g/mol. The fourth-order valence-corrected chi connectivity index (χ4v) is 3.83. The molecular weight excluding hydrogens is 308 g/mol. The summed E-state index contributed by atoms with van der Waals surface area (Å²) in [6.45, 7) is 6.44. The quantitative estimate of drug-likeness (QED) is 0.785. The van der Waals surface area contributed by atoms with Crippen LogP contribution in [0.15, 0.2) is 23.1 Å². The Labute approximate surface area is 131 Å². The zero-order chi connectivity index (χ0) is 15.8. The van der Waals surface area contributed by atoms with E-state index in [2.05, 4.69) is 30.3 Å². The number of para-hydroxylation sites is 1. The van der Waals surface area contributed by atoms with E-state index in [0.29, 0.717) is 11.4 Å². The van der Waals surface area contributed by atoms with Crippen LogP contribution in [-0.2, 0) is 15.7 Å². The van der Waals surface area contributed by atoms with Gasteiger partial charge < -0.3 is 4.57 Å². The Bertz CT molecular complexity index is 750. The summed E-state index contributed by atoms with van der Waals surface area (Å²) in [5.74, 6) is 1.52. The molecule has 0 aliphatic heterocycles. The summed E-state index contributed by atoms with van der Waals surface area (Å²) < 4.78 is 25.9. The van der Waals surface area contributed by atoms with Crippen molar-refractivity contribution in [1.82, 2.24) is 9.55 Å². The van der Waals surface area contributed by atoms with E-state index >= 15 is 0 Å². The van der Waals surface area contributed by atoms with Crippen molar-refractivity contribution >= 4 is 32.5 Å². The van der Waals surface area contributed by atoms with E-state index in [1.165, 1.54) is 6.26 Å². The van der Waals surface area contributed by atoms with Gasteiger partial charge in [0.05, 0.1) is 16.3 Å². The monoisotopic (exact) mass is 328 g/mol. The van der Waals surface area contributed by atoms with Crippen LogP contribution in [0, 0.1) is 5.92 Å². The van der Waals surface area contributed by atoms with Gasteiger partial charge >= 0.3 is 0 Å². The second-order valence-electron chi connectivity index (χ2n) is 5.91. The number of fused-ring (bicyclic) bond motifs is 1. The predicted octanol–water partition coefficient (Wildman–Crippen LogP) is 3.79. The maximum absolute atomic E-state index is 11.9. The minimum Gasteiger partial charge on any atom is -0.324 e. The van der Waals surface area contributed by atoms with Gasteiger partial charge in [0, 0.05) is 12.3 Å². The number of hydrogen-bond donors (Lipinski definition) is 0. The van der Waals surface area contributed by atoms with Crippen LogP contribution >= 0.6 is 11.6 Å². The average Bonchev–Trinajstić information content (AvgIpc) is 2.74. The summed E-state index contributed by atoms with van der Waals surface area (Å²) >= 11 is 6.02. The van der Waals surface area contributed by atoms with Crippen LogP contribution in [0.5, 0.6) is 0 Å². The van der Waals surface area contributed by atoms with Crippen molar-refractivity contribution in [3.05, 3.63) is 24.0 Å². The molecule has 1 aromatic heterocycles. The molecule has 0 aliphatic rings. The number of alkyl halides is 1. The molecule has 0 N–H and O–H groups in total. The molecule has 0 fully saturated rings. The molecule has 116 valence electrons. The van der Waals surface area contributed by atoms with Gasteiger partial charge in [0.15, 0.2) is 9.84 Å². The lowest BCUT2D eigenvalue weighted by molar-refractivity contribution is 0.428. The molecule has 2 aromatic rings. The highest BCUT2D eigenvalue weighted by Gasteiger charge is 2.21. The largest absolute Gasteiger partial charge is 0.324 e. The van der Waals surface area contributed by atoms with Crippen molar-refractivity contribution in [3.63, 3.8) is 0 Å². The normalized spacial score (nSPS) is 14.0. The first kappa shape index (κ1) is 16.3. The van der Waals surface area contributed by atoms with Gasteiger partial charge in [-0.3, -0.25) is 0 Å². The first-order valence-corrected chi connectivity index (χ1v) is 9.44. The Hall–Kier alpha value is -1.07. The number of aromatic nitrogens is 2. The van der Waals surface area contributed by atoms with E-state index in [0.717, 1.165) is 17.8 Å². The highest BCUT2D eigenvalue weighted by Crippen LogP contribution is 2.29. The van der Waals surface area contributed by atoms with Crippen LogP contribution in [0.25, 0.3) is 11.0 Å². The molecule has 4 nitrogen and oxygen atoms in total. The van der Waals surface area contributed by atoms with Crippen LogP contribution in [-0.4, -0.2) is 24.2 Å². The van der Waals surface area contributed by atoms with Crippen molar-refractivity contribution in [1.29, 1.82) is 0 Å². The molecule has 2 rings (SSSR count). The maximum atomic E-state index is 11.9. The van der Waals surface area contributed by atoms with Gasteiger partial charge in [0.1, 0.15) is 11.3 Å². The number of halogens is 1. The smallest absolute Gasteiger partial charge is 0.177 e. The van der Waals surface area contributed by atoms with Crippen LogP contribution < -0.4 is 0 Å². The summed E-state index contributed by atoms with van der Waals surface area (Å²) in [6, 6.07) is 5.49. The molecule has 0 saturated heterocycles. The summed E-state index contributed by atoms with van der Waals surface area (Å²) in [6.07, 6.45) is 2.19. The fourth-order valence-electron chi connectivity index (χ4n) is 2.81. The molecule has 1 atom stereocenters. The molecule has 1 unspecified atom stereocenters. The number of sulfone groups is 1. The molecule has 0 radical (unpaired) electrons. The minimum absolute atomic E-state index is 0.221. The van der Waals surface area contributed by atoms with Crippen molar-refractivity contribution in [3.8, 4) is 0 Å². The number of benzene rings is 1. The Kier molecular flexibility index (Phi) is 4.63. The maximum Gasteiger partial charge on any atom is 0.177 e. The van der Waals surface area contributed by atoms with E-state index in [-0.39, 0.29) is 16.8 Å². The molecule has 21 heavy (non-hydrogen) atoms. The Morgan fingerprint density at radius 1 is 1.29 bits per heavy atom. The van der Waals surface area contributed by atoms with Crippen molar-refractivity contribution in [2.24, 2.45) is 5.92 Å². The van der Waals surface area contributed by atoms with Gasteiger partial charge in [-0.15, -0.1) is 11.6 Å². The number of hydrogen-bond acceptors (Lipinski definition) is 3. The Morgan fingerprint density at radius 3 is 2.48 bits per heavy atom. The molecule has 0 spiro atoms. The number of imidazole rings is 1. The second kappa shape index (κ2) is 5.97. The molecule has 0 amide bonds. The summed E-state index contributed by atoms with van der Waals surface area (Å²) in [4.78, 5) is 4.74. The minimum atomic E-state index is -3.31. The summed E-state index contributed by atoms with van der Waals surface area (Å²) in [5.41, 5.74) is 1.35. The molecule has 6 heteroatoms. The second-order valence-corrected chi connectivity index (χ2v) is 8.16. The SMILES string of the molecule is CC(C)CC(C)n1c(CCl)nc2c(S(C)(=O)=O)cccc21. The molecule has 1 heterocycles. The molecule has 1 aromatic carbocycles. The first-order chi connectivity index (χ1) is 9.75. The van der Waals surface area contributed by atoms with Gasteiger partial charge in [0.25, 0.3) is 0 Å². The van der Waals surface area contributed by atoms with E-state index in [4.69, 9.17) is 11.6 Å². The van der Waals surface area contributed by atoms with Crippen LogP contribution in [0.2, 0.25) is 0 Å². The van der Waals surface area contributed by atoms with Crippen molar-refractivity contribution in [2.45, 2.75) is 44.0 Å². The molecule has 0 saturated carbocycles. The highest BCUT2D eigenvalue weighted by atomic mass is 35.5. The van der Waals surface area contributed by atoms with Gasteiger partial charge in [-0.05, 0) is 31.4 Å². The Balaban J connectivity index is 2.71.